The Morgan fingerprint density at radius 1 is 1.07 bits per heavy atom. The standard InChI is InChI=1S/C13H19N/c1-8-12(3)10-5-6-11(7-10)13(12,4)9(2)14-8/h10-11,14H,1-2,5-7H2,3-4H3. The average molecular weight is 189 g/mol. The Labute approximate surface area is 86.3 Å². The zero-order chi connectivity index (χ0) is 10.1. The molecule has 14 heavy (non-hydrogen) atoms. The van der Waals surface area contributed by atoms with Gasteiger partial charge in [0.2, 0.25) is 0 Å². The van der Waals surface area contributed by atoms with Gasteiger partial charge in [0.05, 0.1) is 0 Å². The van der Waals surface area contributed by atoms with Gasteiger partial charge in [-0.25, -0.2) is 0 Å². The van der Waals surface area contributed by atoms with Crippen LogP contribution in [-0.4, -0.2) is 0 Å². The molecule has 0 aromatic carbocycles. The van der Waals surface area contributed by atoms with E-state index in [2.05, 4.69) is 32.3 Å². The molecule has 1 heterocycles. The SMILES string of the molecule is C=C1NC(=C)C2(C)C3CCC(C3)C12C. The number of hydrogen-bond acceptors (Lipinski definition) is 1. The lowest BCUT2D eigenvalue weighted by molar-refractivity contribution is 0.0979. The molecule has 0 radical (unpaired) electrons. The number of fused-ring (bicyclic) bond motifs is 5. The van der Waals surface area contributed by atoms with Gasteiger partial charge in [0.15, 0.2) is 0 Å². The van der Waals surface area contributed by atoms with Crippen LogP contribution >= 0.6 is 0 Å². The largest absolute Gasteiger partial charge is 0.362 e. The molecule has 2 aliphatic carbocycles. The second-order valence-electron chi connectivity index (χ2n) is 5.69. The highest BCUT2D eigenvalue weighted by atomic mass is 15.0. The van der Waals surface area contributed by atoms with Gasteiger partial charge in [0.1, 0.15) is 0 Å². The van der Waals surface area contributed by atoms with Crippen LogP contribution in [0, 0.1) is 22.7 Å². The Morgan fingerprint density at radius 3 is 1.93 bits per heavy atom. The molecule has 1 N–H and O–H groups in total. The van der Waals surface area contributed by atoms with Crippen LogP contribution in [0.25, 0.3) is 0 Å². The highest BCUT2D eigenvalue weighted by molar-refractivity contribution is 5.39. The quantitative estimate of drug-likeness (QED) is 0.617. The topological polar surface area (TPSA) is 12.0 Å². The molecule has 0 aromatic rings. The zero-order valence-corrected chi connectivity index (χ0v) is 9.19. The summed E-state index contributed by atoms with van der Waals surface area (Å²) in [6.45, 7) is 13.2. The van der Waals surface area contributed by atoms with Crippen LogP contribution in [0.15, 0.2) is 24.6 Å². The minimum atomic E-state index is 0.285. The molecule has 1 aliphatic heterocycles. The Bertz CT molecular complexity index is 311. The molecule has 0 aromatic heterocycles. The van der Waals surface area contributed by atoms with Gasteiger partial charge in [-0.1, -0.05) is 27.0 Å². The van der Waals surface area contributed by atoms with E-state index in [1.807, 2.05) is 0 Å². The lowest BCUT2D eigenvalue weighted by Crippen LogP contribution is -2.39. The Kier molecular flexibility index (Phi) is 1.29. The van der Waals surface area contributed by atoms with Crippen molar-refractivity contribution in [2.75, 3.05) is 0 Å². The van der Waals surface area contributed by atoms with Gasteiger partial charge in [0, 0.05) is 22.2 Å². The van der Waals surface area contributed by atoms with E-state index in [-0.39, 0.29) is 10.8 Å². The fraction of sp³-hybridized carbons (Fsp3) is 0.692. The Hall–Kier alpha value is -0.720. The summed E-state index contributed by atoms with van der Waals surface area (Å²) in [5, 5.41) is 3.41. The third kappa shape index (κ3) is 0.581. The number of rotatable bonds is 0. The summed E-state index contributed by atoms with van der Waals surface area (Å²) in [4.78, 5) is 0. The van der Waals surface area contributed by atoms with E-state index >= 15 is 0 Å². The van der Waals surface area contributed by atoms with Crippen LogP contribution in [-0.2, 0) is 0 Å². The van der Waals surface area contributed by atoms with Crippen LogP contribution < -0.4 is 5.32 Å². The summed E-state index contributed by atoms with van der Waals surface area (Å²) in [5.41, 5.74) is 3.01. The van der Waals surface area contributed by atoms with E-state index in [4.69, 9.17) is 0 Å². The average Bonchev–Trinajstić information content (AvgIpc) is 2.73. The summed E-state index contributed by atoms with van der Waals surface area (Å²) in [7, 11) is 0. The predicted octanol–water partition coefficient (Wildman–Crippen LogP) is 3.06. The molecule has 0 amide bonds. The Morgan fingerprint density at radius 2 is 1.50 bits per heavy atom. The molecule has 4 atom stereocenters. The summed E-state index contributed by atoms with van der Waals surface area (Å²) in [5.74, 6) is 1.69. The highest BCUT2D eigenvalue weighted by Crippen LogP contribution is 2.72. The van der Waals surface area contributed by atoms with E-state index < -0.39 is 0 Å². The molecule has 4 unspecified atom stereocenters. The molecule has 3 rings (SSSR count). The molecule has 1 nitrogen and oxygen atoms in total. The van der Waals surface area contributed by atoms with Crippen LogP contribution in [0.3, 0.4) is 0 Å². The van der Waals surface area contributed by atoms with Crippen molar-refractivity contribution < 1.29 is 0 Å². The summed E-state index contributed by atoms with van der Waals surface area (Å²) in [6.07, 6.45) is 4.18. The summed E-state index contributed by atoms with van der Waals surface area (Å²) >= 11 is 0. The zero-order valence-electron chi connectivity index (χ0n) is 9.19. The van der Waals surface area contributed by atoms with Crippen LogP contribution in [0.2, 0.25) is 0 Å². The van der Waals surface area contributed by atoms with Crippen molar-refractivity contribution >= 4 is 0 Å². The monoisotopic (exact) mass is 189 g/mol. The normalized spacial score (nSPS) is 55.0. The first-order valence-electron chi connectivity index (χ1n) is 5.67. The third-order valence-electron chi connectivity index (χ3n) is 5.70. The van der Waals surface area contributed by atoms with E-state index in [0.717, 1.165) is 11.8 Å². The van der Waals surface area contributed by atoms with Crippen LogP contribution in [0.5, 0.6) is 0 Å². The molecule has 1 heteroatoms. The molecular formula is C13H19N. The second-order valence-corrected chi connectivity index (χ2v) is 5.69. The maximum absolute atomic E-state index is 4.21. The molecule has 3 aliphatic rings. The first-order chi connectivity index (χ1) is 6.51. The fourth-order valence-corrected chi connectivity index (χ4v) is 4.44. The first-order valence-corrected chi connectivity index (χ1v) is 5.67. The molecular weight excluding hydrogens is 170 g/mol. The molecule has 76 valence electrons. The van der Waals surface area contributed by atoms with Gasteiger partial charge >= 0.3 is 0 Å². The summed E-state index contributed by atoms with van der Waals surface area (Å²) < 4.78 is 0. The minimum Gasteiger partial charge on any atom is -0.362 e. The lowest BCUT2D eigenvalue weighted by atomic mass is 9.58. The lowest BCUT2D eigenvalue weighted by Gasteiger charge is -2.44. The van der Waals surface area contributed by atoms with E-state index in [0.29, 0.717) is 0 Å². The molecule has 2 bridgehead atoms. The second kappa shape index (κ2) is 2.10. The van der Waals surface area contributed by atoms with Gasteiger partial charge in [-0.15, -0.1) is 0 Å². The first kappa shape index (κ1) is 8.58. The maximum atomic E-state index is 4.21. The highest BCUT2D eigenvalue weighted by Gasteiger charge is 2.67. The molecule has 1 saturated heterocycles. The molecule has 0 spiro atoms. The minimum absolute atomic E-state index is 0.285. The third-order valence-corrected chi connectivity index (χ3v) is 5.70. The summed E-state index contributed by atoms with van der Waals surface area (Å²) in [6, 6.07) is 0. The van der Waals surface area contributed by atoms with E-state index in [1.54, 1.807) is 0 Å². The van der Waals surface area contributed by atoms with Gasteiger partial charge in [-0.3, -0.25) is 0 Å². The maximum Gasteiger partial charge on any atom is 0.0209 e. The van der Waals surface area contributed by atoms with Gasteiger partial charge in [-0.05, 0) is 31.1 Å². The number of allylic oxidation sites excluding steroid dienone is 2. The van der Waals surface area contributed by atoms with Crippen molar-refractivity contribution in [3.8, 4) is 0 Å². The van der Waals surface area contributed by atoms with Crippen molar-refractivity contribution in [2.24, 2.45) is 22.7 Å². The molecule has 3 fully saturated rings. The fourth-order valence-electron chi connectivity index (χ4n) is 4.44. The van der Waals surface area contributed by atoms with Crippen molar-refractivity contribution in [1.29, 1.82) is 0 Å². The van der Waals surface area contributed by atoms with Crippen molar-refractivity contribution in [3.05, 3.63) is 24.6 Å². The van der Waals surface area contributed by atoms with Crippen molar-refractivity contribution in [2.45, 2.75) is 33.1 Å². The number of nitrogens with one attached hydrogen (secondary N) is 1. The van der Waals surface area contributed by atoms with E-state index in [1.165, 1.54) is 30.7 Å². The van der Waals surface area contributed by atoms with Crippen molar-refractivity contribution in [1.82, 2.24) is 5.32 Å². The number of hydrogen-bond donors (Lipinski definition) is 1. The van der Waals surface area contributed by atoms with Crippen LogP contribution in [0.4, 0.5) is 0 Å². The van der Waals surface area contributed by atoms with Gasteiger partial charge in [0.25, 0.3) is 0 Å². The van der Waals surface area contributed by atoms with Crippen LogP contribution in [0.1, 0.15) is 33.1 Å². The van der Waals surface area contributed by atoms with E-state index in [9.17, 15) is 0 Å². The van der Waals surface area contributed by atoms with Gasteiger partial charge in [-0.2, -0.15) is 0 Å². The van der Waals surface area contributed by atoms with Gasteiger partial charge < -0.3 is 5.32 Å². The van der Waals surface area contributed by atoms with Crippen molar-refractivity contribution in [3.63, 3.8) is 0 Å². The molecule has 2 saturated carbocycles. The predicted molar refractivity (Wildman–Crippen MR) is 58.5 cm³/mol. The Balaban J connectivity index is 2.21. The smallest absolute Gasteiger partial charge is 0.0209 e.